The Morgan fingerprint density at radius 2 is 1.97 bits per heavy atom. The summed E-state index contributed by atoms with van der Waals surface area (Å²) in [5.41, 5.74) is 1.79. The Hall–Kier alpha value is -2.93. The summed E-state index contributed by atoms with van der Waals surface area (Å²) in [6, 6.07) is 13.4. The van der Waals surface area contributed by atoms with Gasteiger partial charge in [-0.1, -0.05) is 12.1 Å². The van der Waals surface area contributed by atoms with E-state index in [-0.39, 0.29) is 18.6 Å². The topological polar surface area (TPSA) is 63.3 Å². The van der Waals surface area contributed by atoms with E-state index in [1.54, 1.807) is 32.4 Å². The lowest BCUT2D eigenvalue weighted by Crippen LogP contribution is -2.46. The second-order valence-corrected chi connectivity index (χ2v) is 7.06. The lowest BCUT2D eigenvalue weighted by Gasteiger charge is -2.37. The monoisotopic (exact) mass is 399 g/mol. The Bertz CT molecular complexity index is 843. The van der Waals surface area contributed by atoms with Crippen molar-refractivity contribution in [1.29, 1.82) is 0 Å². The van der Waals surface area contributed by atoms with Crippen molar-refractivity contribution >= 4 is 17.3 Å². The van der Waals surface area contributed by atoms with E-state index < -0.39 is 0 Å². The number of ether oxygens (including phenoxy) is 3. The lowest BCUT2D eigenvalue weighted by atomic mass is 10.2. The molecule has 0 saturated heterocycles. The number of rotatable bonds is 8. The van der Waals surface area contributed by atoms with Crippen LogP contribution in [0.4, 0.5) is 11.4 Å². The van der Waals surface area contributed by atoms with E-state index in [1.165, 1.54) is 0 Å². The molecule has 3 rings (SSSR count). The number of carbonyl (C=O) groups excluding carboxylic acids is 1. The molecular formula is C22H29N3O4. The normalized spacial score (nSPS) is 15.5. The maximum atomic E-state index is 12.5. The second kappa shape index (κ2) is 9.52. The van der Waals surface area contributed by atoms with E-state index in [1.807, 2.05) is 30.1 Å². The van der Waals surface area contributed by atoms with Gasteiger partial charge in [-0.15, -0.1) is 0 Å². The quantitative estimate of drug-likeness (QED) is 0.737. The molecule has 1 amide bonds. The maximum Gasteiger partial charge on any atom is 0.238 e. The molecule has 0 aliphatic carbocycles. The number of hydrogen-bond acceptors (Lipinski definition) is 6. The summed E-state index contributed by atoms with van der Waals surface area (Å²) in [5, 5.41) is 2.90. The van der Waals surface area contributed by atoms with Crippen LogP contribution in [0.25, 0.3) is 0 Å². The van der Waals surface area contributed by atoms with Gasteiger partial charge in [-0.2, -0.15) is 0 Å². The summed E-state index contributed by atoms with van der Waals surface area (Å²) in [6.07, 6.45) is 0.00345. The minimum absolute atomic E-state index is 0.00345. The number of benzene rings is 2. The Kier molecular flexibility index (Phi) is 6.82. The highest BCUT2D eigenvalue weighted by molar-refractivity contribution is 5.92. The smallest absolute Gasteiger partial charge is 0.238 e. The molecule has 1 heterocycles. The number of amides is 1. The number of para-hydroxylation sites is 2. The maximum absolute atomic E-state index is 12.5. The Morgan fingerprint density at radius 3 is 2.69 bits per heavy atom. The Balaban J connectivity index is 1.55. The first-order valence-electron chi connectivity index (χ1n) is 9.75. The summed E-state index contributed by atoms with van der Waals surface area (Å²) in [4.78, 5) is 16.7. The molecule has 2 aromatic carbocycles. The summed E-state index contributed by atoms with van der Waals surface area (Å²) >= 11 is 0. The zero-order chi connectivity index (χ0) is 20.8. The number of fused-ring (bicyclic) bond motifs is 1. The molecule has 0 radical (unpaired) electrons. The van der Waals surface area contributed by atoms with Crippen LogP contribution in [0.2, 0.25) is 0 Å². The number of anilines is 2. The molecule has 7 nitrogen and oxygen atoms in total. The van der Waals surface area contributed by atoms with Crippen molar-refractivity contribution in [1.82, 2.24) is 4.90 Å². The number of nitrogens with one attached hydrogen (secondary N) is 1. The van der Waals surface area contributed by atoms with Crippen LogP contribution >= 0.6 is 0 Å². The van der Waals surface area contributed by atoms with Gasteiger partial charge < -0.3 is 24.4 Å². The van der Waals surface area contributed by atoms with Crippen molar-refractivity contribution in [3.8, 4) is 17.2 Å². The van der Waals surface area contributed by atoms with Crippen LogP contribution in [0.1, 0.15) is 6.92 Å². The van der Waals surface area contributed by atoms with E-state index in [0.717, 1.165) is 24.5 Å². The molecule has 156 valence electrons. The fraction of sp³-hybridized carbons (Fsp3) is 0.409. The van der Waals surface area contributed by atoms with Crippen LogP contribution in [0.5, 0.6) is 17.2 Å². The first-order chi connectivity index (χ1) is 14.0. The van der Waals surface area contributed by atoms with Gasteiger partial charge in [0.25, 0.3) is 0 Å². The number of nitrogens with zero attached hydrogens (tertiary/aromatic N) is 2. The summed E-state index contributed by atoms with van der Waals surface area (Å²) in [7, 11) is 5.07. The number of likely N-dealkylation sites (N-methyl/N-ethyl adjacent to an activating group) is 2. The predicted octanol–water partition coefficient (Wildman–Crippen LogP) is 2.86. The van der Waals surface area contributed by atoms with Crippen LogP contribution < -0.4 is 24.4 Å². The van der Waals surface area contributed by atoms with E-state index in [4.69, 9.17) is 14.2 Å². The summed E-state index contributed by atoms with van der Waals surface area (Å²) in [6.45, 7) is 4.78. The molecular weight excluding hydrogens is 370 g/mol. The molecule has 2 aromatic rings. The molecule has 0 fully saturated rings. The zero-order valence-corrected chi connectivity index (χ0v) is 17.5. The van der Waals surface area contributed by atoms with Crippen LogP contribution in [-0.2, 0) is 4.79 Å². The third kappa shape index (κ3) is 5.12. The standard InChI is InChI=1S/C22H29N3O4/c1-5-25-14-17(29-19-9-7-6-8-18(19)25)13-24(2)15-22(26)23-16-10-11-20(27-3)21(12-16)28-4/h6-12,17H,5,13-15H2,1-4H3,(H,23,26). The van der Waals surface area contributed by atoms with Gasteiger partial charge in [0.2, 0.25) is 5.91 Å². The van der Waals surface area contributed by atoms with Crippen LogP contribution in [0, 0.1) is 0 Å². The second-order valence-electron chi connectivity index (χ2n) is 7.06. The van der Waals surface area contributed by atoms with Gasteiger partial charge in [0, 0.05) is 24.8 Å². The van der Waals surface area contributed by atoms with Gasteiger partial charge in [-0.25, -0.2) is 0 Å². The van der Waals surface area contributed by atoms with Crippen molar-refractivity contribution in [3.63, 3.8) is 0 Å². The first-order valence-corrected chi connectivity index (χ1v) is 9.75. The third-order valence-corrected chi connectivity index (χ3v) is 4.90. The average Bonchev–Trinajstić information content (AvgIpc) is 2.72. The molecule has 7 heteroatoms. The molecule has 0 bridgehead atoms. The zero-order valence-electron chi connectivity index (χ0n) is 17.5. The van der Waals surface area contributed by atoms with Crippen molar-refractivity contribution in [2.75, 3.05) is 57.7 Å². The number of hydrogen-bond donors (Lipinski definition) is 1. The van der Waals surface area contributed by atoms with Crippen LogP contribution in [-0.4, -0.2) is 64.4 Å². The van der Waals surface area contributed by atoms with Gasteiger partial charge in [0.05, 0.1) is 33.0 Å². The van der Waals surface area contributed by atoms with E-state index in [0.29, 0.717) is 23.7 Å². The molecule has 0 aromatic heterocycles. The SMILES string of the molecule is CCN1CC(CN(C)CC(=O)Nc2ccc(OC)c(OC)c2)Oc2ccccc21. The lowest BCUT2D eigenvalue weighted by molar-refractivity contribution is -0.117. The fourth-order valence-corrected chi connectivity index (χ4v) is 3.55. The van der Waals surface area contributed by atoms with Gasteiger partial charge in [0.15, 0.2) is 11.5 Å². The summed E-state index contributed by atoms with van der Waals surface area (Å²) in [5.74, 6) is 2.00. The molecule has 0 spiro atoms. The molecule has 1 unspecified atom stereocenters. The first kappa shape index (κ1) is 20.8. The average molecular weight is 399 g/mol. The van der Waals surface area contributed by atoms with Gasteiger partial charge in [-0.05, 0) is 38.2 Å². The van der Waals surface area contributed by atoms with Crippen molar-refractivity contribution in [2.45, 2.75) is 13.0 Å². The molecule has 1 aliphatic heterocycles. The third-order valence-electron chi connectivity index (χ3n) is 4.90. The predicted molar refractivity (Wildman–Crippen MR) is 114 cm³/mol. The highest BCUT2D eigenvalue weighted by atomic mass is 16.5. The van der Waals surface area contributed by atoms with Gasteiger partial charge in [0.1, 0.15) is 11.9 Å². The van der Waals surface area contributed by atoms with Crippen molar-refractivity contribution in [3.05, 3.63) is 42.5 Å². The van der Waals surface area contributed by atoms with Crippen LogP contribution in [0.3, 0.4) is 0 Å². The molecule has 29 heavy (non-hydrogen) atoms. The van der Waals surface area contributed by atoms with Crippen molar-refractivity contribution in [2.24, 2.45) is 0 Å². The minimum atomic E-state index is -0.0942. The van der Waals surface area contributed by atoms with Gasteiger partial charge in [-0.3, -0.25) is 9.69 Å². The van der Waals surface area contributed by atoms with E-state index in [9.17, 15) is 4.79 Å². The number of methoxy groups -OCH3 is 2. The molecule has 1 N–H and O–H groups in total. The minimum Gasteiger partial charge on any atom is -0.493 e. The van der Waals surface area contributed by atoms with Crippen molar-refractivity contribution < 1.29 is 19.0 Å². The number of carbonyl (C=O) groups is 1. The Labute approximate surface area is 172 Å². The molecule has 0 saturated carbocycles. The largest absolute Gasteiger partial charge is 0.493 e. The highest BCUT2D eigenvalue weighted by Gasteiger charge is 2.25. The fourth-order valence-electron chi connectivity index (χ4n) is 3.55. The van der Waals surface area contributed by atoms with E-state index >= 15 is 0 Å². The van der Waals surface area contributed by atoms with Crippen LogP contribution in [0.15, 0.2) is 42.5 Å². The molecule has 1 aliphatic rings. The summed E-state index contributed by atoms with van der Waals surface area (Å²) < 4.78 is 16.7. The highest BCUT2D eigenvalue weighted by Crippen LogP contribution is 2.33. The molecule has 1 atom stereocenters. The van der Waals surface area contributed by atoms with E-state index in [2.05, 4.69) is 23.2 Å². The Morgan fingerprint density at radius 1 is 1.21 bits per heavy atom. The van der Waals surface area contributed by atoms with Gasteiger partial charge >= 0.3 is 0 Å².